The molecule has 32 heavy (non-hydrogen) atoms. The smallest absolute Gasteiger partial charge is 0.249 e. The number of amides is 2. The number of aromatic nitrogens is 1. The van der Waals surface area contributed by atoms with E-state index in [1.54, 1.807) is 16.2 Å². The van der Waals surface area contributed by atoms with Crippen LogP contribution in [-0.2, 0) is 23.1 Å². The summed E-state index contributed by atoms with van der Waals surface area (Å²) < 4.78 is 2.85. The maximum absolute atomic E-state index is 13.7. The standard InChI is InChI=1S/C25H28BrN3O2S/c1-28-15-5-10-22(28)24(25(31)27-19-7-3-2-4-8-19)29(20-13-11-18(26)12-14-20)23(30)17-21-9-6-16-32-21/h5-6,9-16,19,24H,2-4,7-8,17H2,1H3,(H,27,31). The van der Waals surface area contributed by atoms with Crippen LogP contribution >= 0.6 is 27.3 Å². The number of halogens is 1. The first-order valence-electron chi connectivity index (χ1n) is 11.0. The molecular formula is C25H28BrN3O2S. The quantitative estimate of drug-likeness (QED) is 0.445. The van der Waals surface area contributed by atoms with Crippen molar-refractivity contribution in [1.82, 2.24) is 9.88 Å². The molecule has 2 heterocycles. The summed E-state index contributed by atoms with van der Waals surface area (Å²) in [5.41, 5.74) is 1.50. The zero-order valence-electron chi connectivity index (χ0n) is 18.2. The molecule has 1 aromatic carbocycles. The van der Waals surface area contributed by atoms with E-state index in [1.807, 2.05) is 71.7 Å². The van der Waals surface area contributed by atoms with Crippen molar-refractivity contribution in [1.29, 1.82) is 0 Å². The first kappa shape index (κ1) is 22.8. The molecule has 2 amide bonds. The van der Waals surface area contributed by atoms with Crippen molar-refractivity contribution in [3.05, 3.63) is 75.2 Å². The van der Waals surface area contributed by atoms with Crippen LogP contribution in [0.4, 0.5) is 5.69 Å². The fraction of sp³-hybridized carbons (Fsp3) is 0.360. The van der Waals surface area contributed by atoms with Crippen molar-refractivity contribution in [2.45, 2.75) is 50.6 Å². The third-order valence-electron chi connectivity index (χ3n) is 6.00. The lowest BCUT2D eigenvalue weighted by Gasteiger charge is -2.33. The van der Waals surface area contributed by atoms with Gasteiger partial charge in [0.2, 0.25) is 11.8 Å². The third kappa shape index (κ3) is 5.33. The average Bonchev–Trinajstić information content (AvgIpc) is 3.45. The molecule has 0 bridgehead atoms. The lowest BCUT2D eigenvalue weighted by molar-refractivity contribution is -0.127. The van der Waals surface area contributed by atoms with Crippen molar-refractivity contribution in [3.8, 4) is 0 Å². The molecule has 0 aliphatic heterocycles. The molecule has 7 heteroatoms. The fourth-order valence-electron chi connectivity index (χ4n) is 4.36. The largest absolute Gasteiger partial charge is 0.352 e. The Morgan fingerprint density at radius 1 is 1.12 bits per heavy atom. The molecule has 4 rings (SSSR count). The van der Waals surface area contributed by atoms with Crippen molar-refractivity contribution in [3.63, 3.8) is 0 Å². The van der Waals surface area contributed by atoms with Gasteiger partial charge in [-0.3, -0.25) is 14.5 Å². The minimum atomic E-state index is -0.745. The highest BCUT2D eigenvalue weighted by molar-refractivity contribution is 9.10. The van der Waals surface area contributed by atoms with E-state index >= 15 is 0 Å². The molecular weight excluding hydrogens is 486 g/mol. The van der Waals surface area contributed by atoms with Crippen LogP contribution in [0, 0.1) is 0 Å². The van der Waals surface area contributed by atoms with E-state index in [9.17, 15) is 9.59 Å². The number of benzene rings is 1. The summed E-state index contributed by atoms with van der Waals surface area (Å²) in [5, 5.41) is 5.23. The van der Waals surface area contributed by atoms with Crippen molar-refractivity contribution < 1.29 is 9.59 Å². The number of hydrogen-bond donors (Lipinski definition) is 1. The van der Waals surface area contributed by atoms with Crippen LogP contribution in [-0.4, -0.2) is 22.4 Å². The molecule has 0 radical (unpaired) electrons. The molecule has 1 atom stereocenters. The van der Waals surface area contributed by atoms with Crippen LogP contribution in [0.5, 0.6) is 0 Å². The highest BCUT2D eigenvalue weighted by Crippen LogP contribution is 2.31. The van der Waals surface area contributed by atoms with Gasteiger partial charge in [-0.05, 0) is 60.7 Å². The molecule has 168 valence electrons. The molecule has 3 aromatic rings. The van der Waals surface area contributed by atoms with E-state index in [0.717, 1.165) is 40.7 Å². The summed E-state index contributed by atoms with van der Waals surface area (Å²) in [6.45, 7) is 0. The van der Waals surface area contributed by atoms with E-state index in [2.05, 4.69) is 21.2 Å². The Hall–Kier alpha value is -2.38. The van der Waals surface area contributed by atoms with Gasteiger partial charge in [-0.25, -0.2) is 0 Å². The zero-order valence-corrected chi connectivity index (χ0v) is 20.6. The van der Waals surface area contributed by atoms with Crippen LogP contribution in [0.1, 0.15) is 48.7 Å². The minimum absolute atomic E-state index is 0.0974. The second-order valence-corrected chi connectivity index (χ2v) is 10.2. The second kappa shape index (κ2) is 10.5. The molecule has 1 unspecified atom stereocenters. The van der Waals surface area contributed by atoms with Crippen molar-refractivity contribution in [2.24, 2.45) is 7.05 Å². The maximum atomic E-state index is 13.7. The zero-order chi connectivity index (χ0) is 22.5. The van der Waals surface area contributed by atoms with Gasteiger partial charge in [0.05, 0.1) is 12.1 Å². The summed E-state index contributed by atoms with van der Waals surface area (Å²) in [6, 6.07) is 14.8. The number of rotatable bonds is 7. The molecule has 1 aliphatic carbocycles. The Morgan fingerprint density at radius 3 is 2.50 bits per heavy atom. The number of carbonyl (C=O) groups is 2. The first-order chi connectivity index (χ1) is 15.5. The number of hydrogen-bond acceptors (Lipinski definition) is 3. The van der Waals surface area contributed by atoms with E-state index in [-0.39, 0.29) is 24.3 Å². The number of carbonyl (C=O) groups excluding carboxylic acids is 2. The topological polar surface area (TPSA) is 54.3 Å². The summed E-state index contributed by atoms with van der Waals surface area (Å²) in [4.78, 5) is 30.0. The number of anilines is 1. The molecule has 0 spiro atoms. The van der Waals surface area contributed by atoms with Gasteiger partial charge in [0.15, 0.2) is 6.04 Å². The lowest BCUT2D eigenvalue weighted by atomic mass is 9.95. The molecule has 1 fully saturated rings. The van der Waals surface area contributed by atoms with Gasteiger partial charge in [0.25, 0.3) is 0 Å². The van der Waals surface area contributed by atoms with Gasteiger partial charge in [0, 0.05) is 34.3 Å². The third-order valence-corrected chi connectivity index (χ3v) is 7.41. The summed E-state index contributed by atoms with van der Waals surface area (Å²) in [5.74, 6) is -0.221. The van der Waals surface area contributed by atoms with Gasteiger partial charge in [-0.1, -0.05) is 41.3 Å². The summed E-state index contributed by atoms with van der Waals surface area (Å²) >= 11 is 5.03. The normalized spacial score (nSPS) is 15.3. The molecule has 5 nitrogen and oxygen atoms in total. The number of thiophene rings is 1. The molecule has 1 saturated carbocycles. The SMILES string of the molecule is Cn1cccc1C(C(=O)NC1CCCCC1)N(C(=O)Cc1cccs1)c1ccc(Br)cc1. The molecule has 2 aromatic heterocycles. The monoisotopic (exact) mass is 513 g/mol. The van der Waals surface area contributed by atoms with Crippen LogP contribution in [0.2, 0.25) is 0 Å². The Kier molecular flexibility index (Phi) is 7.48. The van der Waals surface area contributed by atoms with Gasteiger partial charge in [-0.15, -0.1) is 11.3 Å². The summed E-state index contributed by atoms with van der Waals surface area (Å²) in [7, 11) is 1.92. The van der Waals surface area contributed by atoms with Gasteiger partial charge < -0.3 is 9.88 Å². The van der Waals surface area contributed by atoms with Crippen LogP contribution in [0.3, 0.4) is 0 Å². The Labute approximate surface area is 201 Å². The first-order valence-corrected chi connectivity index (χ1v) is 12.7. The predicted molar refractivity (Wildman–Crippen MR) is 133 cm³/mol. The predicted octanol–water partition coefficient (Wildman–Crippen LogP) is 5.62. The Bertz CT molecular complexity index is 1040. The molecule has 1 N–H and O–H groups in total. The number of aryl methyl sites for hydroxylation is 1. The van der Waals surface area contributed by atoms with Crippen molar-refractivity contribution >= 4 is 44.8 Å². The van der Waals surface area contributed by atoms with Gasteiger partial charge >= 0.3 is 0 Å². The average molecular weight is 514 g/mol. The fourth-order valence-corrected chi connectivity index (χ4v) is 5.32. The highest BCUT2D eigenvalue weighted by atomic mass is 79.9. The van der Waals surface area contributed by atoms with Gasteiger partial charge in [0.1, 0.15) is 0 Å². The van der Waals surface area contributed by atoms with Gasteiger partial charge in [-0.2, -0.15) is 0 Å². The van der Waals surface area contributed by atoms with Crippen LogP contribution < -0.4 is 10.2 Å². The highest BCUT2D eigenvalue weighted by Gasteiger charge is 2.35. The summed E-state index contributed by atoms with van der Waals surface area (Å²) in [6.07, 6.45) is 7.64. The van der Waals surface area contributed by atoms with E-state index in [1.165, 1.54) is 6.42 Å². The lowest BCUT2D eigenvalue weighted by Crippen LogP contribution is -2.48. The van der Waals surface area contributed by atoms with Crippen molar-refractivity contribution in [2.75, 3.05) is 4.90 Å². The number of nitrogens with one attached hydrogen (secondary N) is 1. The number of nitrogens with zero attached hydrogens (tertiary/aromatic N) is 2. The Balaban J connectivity index is 1.72. The van der Waals surface area contributed by atoms with E-state index in [0.29, 0.717) is 5.69 Å². The molecule has 1 aliphatic rings. The second-order valence-electron chi connectivity index (χ2n) is 8.29. The Morgan fingerprint density at radius 2 is 1.88 bits per heavy atom. The maximum Gasteiger partial charge on any atom is 0.249 e. The van der Waals surface area contributed by atoms with Crippen LogP contribution in [0.15, 0.2) is 64.6 Å². The van der Waals surface area contributed by atoms with E-state index < -0.39 is 6.04 Å². The van der Waals surface area contributed by atoms with E-state index in [4.69, 9.17) is 0 Å². The molecule has 0 saturated heterocycles. The van der Waals surface area contributed by atoms with Crippen LogP contribution in [0.25, 0.3) is 0 Å². The minimum Gasteiger partial charge on any atom is -0.352 e.